The number of piperidine rings is 1. The summed E-state index contributed by atoms with van der Waals surface area (Å²) in [5.74, 6) is -1.94. The van der Waals surface area contributed by atoms with Crippen LogP contribution in [0.4, 0.5) is 10.5 Å². The van der Waals surface area contributed by atoms with Crippen LogP contribution in [-0.4, -0.2) is 92.2 Å². The number of esters is 2. The van der Waals surface area contributed by atoms with Crippen LogP contribution in [0, 0.1) is 11.3 Å². The van der Waals surface area contributed by atoms with Crippen molar-refractivity contribution in [2.24, 2.45) is 11.3 Å². The first-order valence-electron chi connectivity index (χ1n) is 12.4. The number of aliphatic hydroxyl groups excluding tert-OH is 1. The van der Waals surface area contributed by atoms with Gasteiger partial charge >= 0.3 is 18.0 Å². The second kappa shape index (κ2) is 7.95. The number of benzene rings is 1. The van der Waals surface area contributed by atoms with Crippen molar-refractivity contribution in [2.75, 3.05) is 46.1 Å². The Morgan fingerprint density at radius 2 is 1.76 bits per heavy atom. The average Bonchev–Trinajstić information content (AvgIpc) is 3.55. The molecular formula is C25H30N2O10. The normalized spacial score (nSPS) is 37.2. The van der Waals surface area contributed by atoms with Crippen molar-refractivity contribution < 1.29 is 48.3 Å². The zero-order valence-corrected chi connectivity index (χ0v) is 20.9. The third kappa shape index (κ3) is 2.65. The van der Waals surface area contributed by atoms with Gasteiger partial charge in [-0.15, -0.1) is 0 Å². The number of anilines is 1. The zero-order valence-electron chi connectivity index (χ0n) is 20.9. The van der Waals surface area contributed by atoms with Gasteiger partial charge in [-0.1, -0.05) is 6.07 Å². The van der Waals surface area contributed by atoms with E-state index in [2.05, 4.69) is 4.90 Å². The Bertz CT molecular complexity index is 1190. The number of ether oxygens (including phenoxy) is 5. The van der Waals surface area contributed by atoms with Gasteiger partial charge in [0.05, 0.1) is 27.4 Å². The first kappa shape index (κ1) is 24.3. The molecule has 4 heterocycles. The van der Waals surface area contributed by atoms with Crippen LogP contribution >= 0.6 is 0 Å². The molecule has 1 aliphatic carbocycles. The van der Waals surface area contributed by atoms with Crippen LogP contribution < -0.4 is 14.4 Å². The monoisotopic (exact) mass is 518 g/mol. The maximum atomic E-state index is 13.5. The molecule has 12 nitrogen and oxygen atoms in total. The van der Waals surface area contributed by atoms with Gasteiger partial charge in [0.1, 0.15) is 11.1 Å². The molecule has 1 spiro atoms. The summed E-state index contributed by atoms with van der Waals surface area (Å²) in [6, 6.07) is 2.90. The van der Waals surface area contributed by atoms with Crippen LogP contribution in [0.3, 0.4) is 0 Å². The predicted octanol–water partition coefficient (Wildman–Crippen LogP) is 0.509. The van der Waals surface area contributed by atoms with E-state index in [1.807, 2.05) is 0 Å². The summed E-state index contributed by atoms with van der Waals surface area (Å²) in [4.78, 5) is 43.4. The molecule has 12 heteroatoms. The molecule has 2 N–H and O–H groups in total. The molecule has 2 saturated heterocycles. The lowest BCUT2D eigenvalue weighted by Crippen LogP contribution is -2.77. The Balaban J connectivity index is 1.71. The minimum atomic E-state index is -2.49. The van der Waals surface area contributed by atoms with Crippen LogP contribution in [0.1, 0.15) is 31.2 Å². The van der Waals surface area contributed by atoms with Gasteiger partial charge in [0.25, 0.3) is 5.72 Å². The number of amides is 1. The van der Waals surface area contributed by atoms with Gasteiger partial charge in [-0.25, -0.2) is 14.5 Å². The van der Waals surface area contributed by atoms with Crippen molar-refractivity contribution in [1.82, 2.24) is 4.90 Å². The minimum Gasteiger partial charge on any atom is -0.468 e. The molecule has 0 aromatic heterocycles. The summed E-state index contributed by atoms with van der Waals surface area (Å²) in [5, 5.41) is 23.7. The number of nitrogens with zero attached hydrogens (tertiary/aromatic N) is 2. The number of carbonyl (C=O) groups is 3. The van der Waals surface area contributed by atoms with Crippen LogP contribution in [0.5, 0.6) is 11.5 Å². The van der Waals surface area contributed by atoms with Crippen molar-refractivity contribution in [2.45, 2.75) is 49.0 Å². The highest BCUT2D eigenvalue weighted by atomic mass is 16.7. The lowest BCUT2D eigenvalue weighted by Gasteiger charge is -2.64. The SMILES string of the molecule is COC(=O)N1c2c(ccc3c2OCO3)[C@@]23CCN4CC[C@H](O)[C@](C(=O)OC)(CC[C@H]2[C@]1(O)C(=O)OC)[C@H]43. The van der Waals surface area contributed by atoms with Gasteiger partial charge in [0.2, 0.25) is 6.79 Å². The van der Waals surface area contributed by atoms with Crippen molar-refractivity contribution in [3.05, 3.63) is 17.7 Å². The van der Waals surface area contributed by atoms with Crippen molar-refractivity contribution in [3.8, 4) is 11.5 Å². The number of hydrogen-bond acceptors (Lipinski definition) is 11. The quantitative estimate of drug-likeness (QED) is 0.417. The molecule has 1 aromatic carbocycles. The van der Waals surface area contributed by atoms with E-state index >= 15 is 0 Å². The Kier molecular flexibility index (Phi) is 5.21. The highest BCUT2D eigenvalue weighted by molar-refractivity contribution is 6.02. The third-order valence-electron chi connectivity index (χ3n) is 9.38. The molecule has 6 rings (SSSR count). The lowest BCUT2D eigenvalue weighted by molar-refractivity contribution is -0.203. The molecule has 6 atom stereocenters. The highest BCUT2D eigenvalue weighted by Gasteiger charge is 2.77. The fraction of sp³-hybridized carbons (Fsp3) is 0.640. The predicted molar refractivity (Wildman–Crippen MR) is 124 cm³/mol. The van der Waals surface area contributed by atoms with E-state index in [4.69, 9.17) is 23.7 Å². The first-order valence-corrected chi connectivity index (χ1v) is 12.4. The average molecular weight is 519 g/mol. The van der Waals surface area contributed by atoms with Crippen molar-refractivity contribution in [1.29, 1.82) is 0 Å². The van der Waals surface area contributed by atoms with E-state index in [1.54, 1.807) is 12.1 Å². The molecule has 1 aromatic rings. The summed E-state index contributed by atoms with van der Waals surface area (Å²) >= 11 is 0. The standard InChI is InChI=1S/C25H30N2O10/c1-33-20(29)24-8-6-15-23(9-11-26(19(23)24)10-7-16(24)28)13-4-5-14-18(37-12-36-14)17(13)27(22(31)35-3)25(15,32)21(30)34-2/h4-5,15-16,19,28,32H,6-12H2,1-3H3/t15-,16+,19-,23+,24-,25+/m1/s1. The van der Waals surface area contributed by atoms with Crippen LogP contribution in [0.25, 0.3) is 0 Å². The number of methoxy groups -OCH3 is 3. The van der Waals surface area contributed by atoms with Gasteiger partial charge in [-0.2, -0.15) is 0 Å². The number of fused-ring (bicyclic) bond motifs is 3. The van der Waals surface area contributed by atoms with E-state index in [0.29, 0.717) is 37.2 Å². The van der Waals surface area contributed by atoms with Gasteiger partial charge in [0, 0.05) is 23.9 Å². The molecule has 200 valence electrons. The fourth-order valence-corrected chi connectivity index (χ4v) is 8.14. The van der Waals surface area contributed by atoms with Gasteiger partial charge < -0.3 is 33.9 Å². The third-order valence-corrected chi connectivity index (χ3v) is 9.38. The minimum absolute atomic E-state index is 0.117. The molecule has 5 aliphatic rings. The molecule has 0 bridgehead atoms. The topological polar surface area (TPSA) is 144 Å². The Labute approximate surface area is 212 Å². The summed E-state index contributed by atoms with van der Waals surface area (Å²) < 4.78 is 26.8. The summed E-state index contributed by atoms with van der Waals surface area (Å²) in [5.41, 5.74) is -4.09. The largest absolute Gasteiger partial charge is 0.468 e. The molecule has 0 radical (unpaired) electrons. The van der Waals surface area contributed by atoms with Crippen molar-refractivity contribution >= 4 is 23.7 Å². The molecular weight excluding hydrogens is 488 g/mol. The lowest BCUT2D eigenvalue weighted by atomic mass is 9.46. The number of hydrogen-bond donors (Lipinski definition) is 2. The number of carbonyl (C=O) groups excluding carboxylic acids is 3. The maximum absolute atomic E-state index is 13.5. The van der Waals surface area contributed by atoms with Crippen LogP contribution in [-0.2, 0) is 29.2 Å². The zero-order chi connectivity index (χ0) is 26.3. The number of rotatable bonds is 2. The Morgan fingerprint density at radius 1 is 1.00 bits per heavy atom. The Hall–Kier alpha value is -3.09. The van der Waals surface area contributed by atoms with E-state index in [1.165, 1.54) is 7.11 Å². The molecule has 1 saturated carbocycles. The summed E-state index contributed by atoms with van der Waals surface area (Å²) in [6.45, 7) is 0.959. The number of aliphatic hydroxyl groups is 2. The highest BCUT2D eigenvalue weighted by Crippen LogP contribution is 2.69. The molecule has 3 fully saturated rings. The van der Waals surface area contributed by atoms with E-state index in [-0.39, 0.29) is 31.1 Å². The van der Waals surface area contributed by atoms with Crippen LogP contribution in [0.15, 0.2) is 12.1 Å². The molecule has 0 unspecified atom stereocenters. The Morgan fingerprint density at radius 3 is 2.46 bits per heavy atom. The second-order valence-electron chi connectivity index (χ2n) is 10.4. The molecule has 4 aliphatic heterocycles. The first-order chi connectivity index (χ1) is 17.7. The fourth-order valence-electron chi connectivity index (χ4n) is 8.14. The molecule has 37 heavy (non-hydrogen) atoms. The van der Waals surface area contributed by atoms with E-state index in [9.17, 15) is 24.6 Å². The summed E-state index contributed by atoms with van der Waals surface area (Å²) in [7, 11) is 3.59. The van der Waals surface area contributed by atoms with Crippen LogP contribution in [0.2, 0.25) is 0 Å². The van der Waals surface area contributed by atoms with E-state index in [0.717, 1.165) is 19.1 Å². The smallest absolute Gasteiger partial charge is 0.417 e. The maximum Gasteiger partial charge on any atom is 0.417 e. The van der Waals surface area contributed by atoms with Gasteiger partial charge in [-0.3, -0.25) is 9.69 Å². The van der Waals surface area contributed by atoms with Crippen molar-refractivity contribution in [3.63, 3.8) is 0 Å². The van der Waals surface area contributed by atoms with Gasteiger partial charge in [0.15, 0.2) is 11.5 Å². The second-order valence-corrected chi connectivity index (χ2v) is 10.4. The summed E-state index contributed by atoms with van der Waals surface area (Å²) in [6.07, 6.45) is -0.854. The van der Waals surface area contributed by atoms with E-state index < -0.39 is 52.7 Å². The van der Waals surface area contributed by atoms with Gasteiger partial charge in [-0.05, 0) is 43.9 Å². The molecule has 1 amide bonds.